The quantitative estimate of drug-likeness (QED) is 0.826. The molecule has 5 nitrogen and oxygen atoms in total. The third-order valence-corrected chi connectivity index (χ3v) is 3.94. The molecule has 21 heavy (non-hydrogen) atoms. The molecule has 0 spiro atoms. The second-order valence-corrected chi connectivity index (χ2v) is 6.27. The number of ketones is 1. The minimum absolute atomic E-state index is 0.0366. The molecule has 2 rings (SSSR count). The van der Waals surface area contributed by atoms with Crippen molar-refractivity contribution in [3.8, 4) is 0 Å². The zero-order valence-electron chi connectivity index (χ0n) is 11.5. The van der Waals surface area contributed by atoms with E-state index in [9.17, 15) is 13.2 Å². The van der Waals surface area contributed by atoms with Crippen LogP contribution in [0.5, 0.6) is 0 Å². The summed E-state index contributed by atoms with van der Waals surface area (Å²) in [5.74, 6) is -0.0366. The predicted octanol–water partition coefficient (Wildman–Crippen LogP) is 1.94. The van der Waals surface area contributed by atoms with Gasteiger partial charge in [0, 0.05) is 11.3 Å². The molecule has 0 aromatic heterocycles. The van der Waals surface area contributed by atoms with Crippen molar-refractivity contribution in [2.75, 3.05) is 11.9 Å². The zero-order valence-corrected chi connectivity index (χ0v) is 12.4. The summed E-state index contributed by atoms with van der Waals surface area (Å²) >= 11 is 0. The van der Waals surface area contributed by atoms with E-state index in [4.69, 9.17) is 5.14 Å². The van der Waals surface area contributed by atoms with Crippen LogP contribution >= 0.6 is 0 Å². The standard InChI is InChI=1S/C15H16N2O3S/c1-11-2-4-12(5-3-11)15(18)10-17-13-6-8-14(9-7-13)21(16,19)20/h2-9,17H,10H2,1H3,(H2,16,19,20). The molecule has 110 valence electrons. The molecular weight excluding hydrogens is 288 g/mol. The molecule has 2 aromatic rings. The number of primary sulfonamides is 1. The molecule has 0 bridgehead atoms. The van der Waals surface area contributed by atoms with Gasteiger partial charge in [-0.25, -0.2) is 13.6 Å². The third-order valence-electron chi connectivity index (χ3n) is 3.01. The first-order valence-electron chi connectivity index (χ1n) is 6.33. The van der Waals surface area contributed by atoms with Gasteiger partial charge in [0.25, 0.3) is 0 Å². The average molecular weight is 304 g/mol. The van der Waals surface area contributed by atoms with Gasteiger partial charge in [-0.15, -0.1) is 0 Å². The Kier molecular flexibility index (Phi) is 4.40. The highest BCUT2D eigenvalue weighted by molar-refractivity contribution is 7.89. The van der Waals surface area contributed by atoms with E-state index in [2.05, 4.69) is 5.32 Å². The molecular formula is C15H16N2O3S. The van der Waals surface area contributed by atoms with Gasteiger partial charge in [0.1, 0.15) is 0 Å². The highest BCUT2D eigenvalue weighted by Gasteiger charge is 2.08. The lowest BCUT2D eigenvalue weighted by Crippen LogP contribution is -2.14. The van der Waals surface area contributed by atoms with Crippen molar-refractivity contribution >= 4 is 21.5 Å². The van der Waals surface area contributed by atoms with Gasteiger partial charge < -0.3 is 5.32 Å². The Morgan fingerprint density at radius 2 is 1.62 bits per heavy atom. The maximum atomic E-state index is 12.0. The third kappa shape index (κ3) is 4.14. The SMILES string of the molecule is Cc1ccc(C(=O)CNc2ccc(S(N)(=O)=O)cc2)cc1. The van der Waals surface area contributed by atoms with Crippen LogP contribution in [0.25, 0.3) is 0 Å². The number of benzene rings is 2. The van der Waals surface area contributed by atoms with E-state index in [1.54, 1.807) is 24.3 Å². The van der Waals surface area contributed by atoms with Gasteiger partial charge in [-0.2, -0.15) is 0 Å². The minimum Gasteiger partial charge on any atom is -0.378 e. The van der Waals surface area contributed by atoms with E-state index in [0.29, 0.717) is 11.3 Å². The van der Waals surface area contributed by atoms with Crippen LogP contribution in [0.1, 0.15) is 15.9 Å². The highest BCUT2D eigenvalue weighted by atomic mass is 32.2. The normalized spacial score (nSPS) is 11.1. The Labute approximate surface area is 123 Å². The number of hydrogen-bond acceptors (Lipinski definition) is 4. The summed E-state index contributed by atoms with van der Waals surface area (Å²) in [6.45, 7) is 2.09. The first-order valence-corrected chi connectivity index (χ1v) is 7.87. The summed E-state index contributed by atoms with van der Waals surface area (Å²) in [6.07, 6.45) is 0. The molecule has 0 aliphatic carbocycles. The Morgan fingerprint density at radius 1 is 1.05 bits per heavy atom. The van der Waals surface area contributed by atoms with E-state index < -0.39 is 10.0 Å². The van der Waals surface area contributed by atoms with Crippen molar-refractivity contribution in [3.63, 3.8) is 0 Å². The summed E-state index contributed by atoms with van der Waals surface area (Å²) in [4.78, 5) is 12.0. The van der Waals surface area contributed by atoms with Gasteiger partial charge in [-0.3, -0.25) is 4.79 Å². The molecule has 0 saturated carbocycles. The van der Waals surface area contributed by atoms with Crippen molar-refractivity contribution in [3.05, 3.63) is 59.7 Å². The Morgan fingerprint density at radius 3 is 2.14 bits per heavy atom. The summed E-state index contributed by atoms with van der Waals surface area (Å²) in [5, 5.41) is 7.97. The highest BCUT2D eigenvalue weighted by Crippen LogP contribution is 2.13. The number of anilines is 1. The largest absolute Gasteiger partial charge is 0.378 e. The van der Waals surface area contributed by atoms with Gasteiger partial charge in [0.05, 0.1) is 11.4 Å². The van der Waals surface area contributed by atoms with Crippen molar-refractivity contribution in [1.29, 1.82) is 0 Å². The smallest absolute Gasteiger partial charge is 0.238 e. The summed E-state index contributed by atoms with van der Waals surface area (Å²) < 4.78 is 22.3. The molecule has 2 aromatic carbocycles. The summed E-state index contributed by atoms with van der Waals surface area (Å²) in [7, 11) is -3.69. The van der Waals surface area contributed by atoms with Gasteiger partial charge >= 0.3 is 0 Å². The van der Waals surface area contributed by atoms with Crippen molar-refractivity contribution in [2.45, 2.75) is 11.8 Å². The summed E-state index contributed by atoms with van der Waals surface area (Å²) in [6, 6.07) is 13.3. The molecule has 0 atom stereocenters. The minimum atomic E-state index is -3.69. The molecule has 6 heteroatoms. The Balaban J connectivity index is 2.00. The first kappa shape index (κ1) is 15.2. The van der Waals surface area contributed by atoms with Crippen LogP contribution < -0.4 is 10.5 Å². The van der Waals surface area contributed by atoms with Crippen LogP contribution in [-0.4, -0.2) is 20.7 Å². The second-order valence-electron chi connectivity index (χ2n) is 4.71. The lowest BCUT2D eigenvalue weighted by Gasteiger charge is -2.07. The number of nitrogens with two attached hydrogens (primary N) is 1. The first-order chi connectivity index (χ1) is 9.86. The molecule has 0 heterocycles. The van der Waals surface area contributed by atoms with Crippen molar-refractivity contribution in [2.24, 2.45) is 5.14 Å². The number of rotatable bonds is 5. The summed E-state index contributed by atoms with van der Waals surface area (Å²) in [5.41, 5.74) is 2.38. The lowest BCUT2D eigenvalue weighted by molar-refractivity contribution is 0.101. The van der Waals surface area contributed by atoms with E-state index in [-0.39, 0.29) is 17.2 Å². The number of sulfonamides is 1. The van der Waals surface area contributed by atoms with Crippen molar-refractivity contribution in [1.82, 2.24) is 0 Å². The van der Waals surface area contributed by atoms with E-state index in [0.717, 1.165) is 5.56 Å². The Hall–Kier alpha value is -2.18. The van der Waals surface area contributed by atoms with Gasteiger partial charge in [-0.1, -0.05) is 29.8 Å². The van der Waals surface area contributed by atoms with Crippen LogP contribution in [0.3, 0.4) is 0 Å². The number of carbonyl (C=O) groups excluding carboxylic acids is 1. The maximum Gasteiger partial charge on any atom is 0.238 e. The Bertz CT molecular complexity index is 735. The molecule has 0 aliphatic rings. The molecule has 0 radical (unpaired) electrons. The van der Waals surface area contributed by atoms with Crippen LogP contribution in [0.2, 0.25) is 0 Å². The van der Waals surface area contributed by atoms with Gasteiger partial charge in [0.15, 0.2) is 5.78 Å². The van der Waals surface area contributed by atoms with Crippen LogP contribution in [0, 0.1) is 6.92 Å². The van der Waals surface area contributed by atoms with Crippen LogP contribution in [0.4, 0.5) is 5.69 Å². The fraction of sp³-hybridized carbons (Fsp3) is 0.133. The number of Topliss-reactive ketones (excluding diaryl/α,β-unsaturated/α-hetero) is 1. The van der Waals surface area contributed by atoms with E-state index in [1.807, 2.05) is 19.1 Å². The van der Waals surface area contributed by atoms with Crippen LogP contribution in [-0.2, 0) is 10.0 Å². The molecule has 0 amide bonds. The fourth-order valence-electron chi connectivity index (χ4n) is 1.79. The lowest BCUT2D eigenvalue weighted by atomic mass is 10.1. The number of aryl methyl sites for hydroxylation is 1. The molecule has 0 aliphatic heterocycles. The molecule has 0 saturated heterocycles. The zero-order chi connectivity index (χ0) is 15.5. The fourth-order valence-corrected chi connectivity index (χ4v) is 2.30. The van der Waals surface area contributed by atoms with E-state index in [1.165, 1.54) is 12.1 Å². The average Bonchev–Trinajstić information content (AvgIpc) is 2.45. The molecule has 3 N–H and O–H groups in total. The number of carbonyl (C=O) groups is 1. The maximum absolute atomic E-state index is 12.0. The van der Waals surface area contributed by atoms with Crippen LogP contribution in [0.15, 0.2) is 53.4 Å². The number of hydrogen-bond donors (Lipinski definition) is 2. The van der Waals surface area contributed by atoms with Crippen molar-refractivity contribution < 1.29 is 13.2 Å². The second kappa shape index (κ2) is 6.07. The topological polar surface area (TPSA) is 89.3 Å². The van der Waals surface area contributed by atoms with Gasteiger partial charge in [-0.05, 0) is 31.2 Å². The monoisotopic (exact) mass is 304 g/mol. The molecule has 0 unspecified atom stereocenters. The van der Waals surface area contributed by atoms with Gasteiger partial charge in [0.2, 0.25) is 10.0 Å². The number of nitrogens with one attached hydrogen (secondary N) is 1. The predicted molar refractivity (Wildman–Crippen MR) is 81.8 cm³/mol. The molecule has 0 fully saturated rings. The van der Waals surface area contributed by atoms with E-state index >= 15 is 0 Å².